The molecule has 0 aromatic carbocycles. The summed E-state index contributed by atoms with van der Waals surface area (Å²) in [5.41, 5.74) is -0.802. The van der Waals surface area contributed by atoms with E-state index in [2.05, 4.69) is 14.5 Å². The van der Waals surface area contributed by atoms with Gasteiger partial charge in [-0.15, -0.1) is 13.2 Å². The van der Waals surface area contributed by atoms with Crippen LogP contribution in [0.2, 0.25) is 0 Å². The van der Waals surface area contributed by atoms with Crippen LogP contribution < -0.4 is 9.47 Å². The van der Waals surface area contributed by atoms with Crippen LogP contribution in [-0.2, 0) is 0 Å². The lowest BCUT2D eigenvalue weighted by Gasteiger charge is -2.13. The van der Waals surface area contributed by atoms with E-state index >= 15 is 0 Å². The average Bonchev–Trinajstić information content (AvgIpc) is 2.13. The predicted octanol–water partition coefficient (Wildman–Crippen LogP) is 3.23. The summed E-state index contributed by atoms with van der Waals surface area (Å²) in [5, 5.41) is 0. The van der Waals surface area contributed by atoms with Crippen LogP contribution in [-0.4, -0.2) is 18.5 Å². The van der Waals surface area contributed by atoms with E-state index in [9.17, 15) is 22.0 Å². The van der Waals surface area contributed by atoms with Crippen LogP contribution in [0.25, 0.3) is 0 Å². The van der Waals surface area contributed by atoms with E-state index < -0.39 is 24.2 Å². The second-order valence-corrected chi connectivity index (χ2v) is 3.02. The Kier molecular flexibility index (Phi) is 3.74. The number of aromatic nitrogens is 1. The monoisotopic (exact) mass is 257 g/mol. The molecule has 0 N–H and O–H groups in total. The molecule has 0 unspecified atom stereocenters. The Hall–Kier alpha value is -1.60. The molecule has 0 spiro atoms. The second kappa shape index (κ2) is 4.72. The minimum absolute atomic E-state index is 0.107. The highest BCUT2D eigenvalue weighted by atomic mass is 19.4. The van der Waals surface area contributed by atoms with Gasteiger partial charge in [0.15, 0.2) is 0 Å². The highest BCUT2D eigenvalue weighted by Gasteiger charge is 2.33. The maximum atomic E-state index is 12.6. The van der Waals surface area contributed by atoms with Gasteiger partial charge in [-0.05, 0) is 6.92 Å². The Bertz CT molecular complexity index is 405. The van der Waals surface area contributed by atoms with Crippen molar-refractivity contribution in [1.29, 1.82) is 0 Å². The van der Waals surface area contributed by atoms with Crippen molar-refractivity contribution >= 4 is 0 Å². The maximum absolute atomic E-state index is 12.6. The van der Waals surface area contributed by atoms with Crippen LogP contribution >= 0.6 is 0 Å². The van der Waals surface area contributed by atoms with Gasteiger partial charge in [-0.3, -0.25) is 0 Å². The first-order valence-corrected chi connectivity index (χ1v) is 4.34. The fourth-order valence-electron chi connectivity index (χ4n) is 1.25. The van der Waals surface area contributed by atoms with Crippen molar-refractivity contribution in [1.82, 2.24) is 4.98 Å². The number of aryl methyl sites for hydroxylation is 1. The Morgan fingerprint density at radius 2 is 1.88 bits per heavy atom. The third-order valence-corrected chi connectivity index (χ3v) is 1.81. The van der Waals surface area contributed by atoms with Gasteiger partial charge in [-0.2, -0.15) is 0 Å². The number of pyridine rings is 1. The minimum atomic E-state index is -4.98. The summed E-state index contributed by atoms with van der Waals surface area (Å²) in [7, 11) is 1.13. The average molecular weight is 257 g/mol. The summed E-state index contributed by atoms with van der Waals surface area (Å²) in [6.07, 6.45) is -7.96. The van der Waals surface area contributed by atoms with Gasteiger partial charge in [0.1, 0.15) is 5.75 Å². The van der Waals surface area contributed by atoms with Crippen molar-refractivity contribution in [3.8, 4) is 11.6 Å². The molecule has 17 heavy (non-hydrogen) atoms. The summed E-state index contributed by atoms with van der Waals surface area (Å²) in [6, 6.07) is 0.504. The zero-order chi connectivity index (χ0) is 13.2. The molecule has 1 heterocycles. The van der Waals surface area contributed by atoms with E-state index in [1.165, 1.54) is 6.92 Å². The lowest BCUT2D eigenvalue weighted by Crippen LogP contribution is -2.18. The second-order valence-electron chi connectivity index (χ2n) is 3.02. The molecule has 0 bridgehead atoms. The number of rotatable bonds is 3. The number of hydrogen-bond acceptors (Lipinski definition) is 3. The Morgan fingerprint density at radius 3 is 2.29 bits per heavy atom. The van der Waals surface area contributed by atoms with Crippen LogP contribution in [0.4, 0.5) is 22.0 Å². The highest BCUT2D eigenvalue weighted by Crippen LogP contribution is 2.34. The zero-order valence-electron chi connectivity index (χ0n) is 8.81. The zero-order valence-corrected chi connectivity index (χ0v) is 8.81. The molecule has 0 aliphatic rings. The van der Waals surface area contributed by atoms with Gasteiger partial charge in [-0.25, -0.2) is 13.8 Å². The number of ether oxygens (including phenoxy) is 2. The number of nitrogens with zero attached hydrogens (tertiary/aromatic N) is 1. The third-order valence-electron chi connectivity index (χ3n) is 1.81. The normalized spacial score (nSPS) is 11.8. The molecule has 8 heteroatoms. The van der Waals surface area contributed by atoms with Crippen molar-refractivity contribution in [3.05, 3.63) is 17.3 Å². The van der Waals surface area contributed by atoms with Crippen LogP contribution in [0, 0.1) is 6.92 Å². The molecule has 0 saturated heterocycles. The van der Waals surface area contributed by atoms with Gasteiger partial charge in [0.05, 0.1) is 18.4 Å². The van der Waals surface area contributed by atoms with Crippen molar-refractivity contribution in [2.24, 2.45) is 0 Å². The van der Waals surface area contributed by atoms with Gasteiger partial charge in [0, 0.05) is 6.07 Å². The first-order chi connectivity index (χ1) is 7.74. The van der Waals surface area contributed by atoms with E-state index in [-0.39, 0.29) is 11.4 Å². The molecule has 0 aliphatic carbocycles. The van der Waals surface area contributed by atoms with E-state index in [0.29, 0.717) is 6.07 Å². The molecular formula is C9H8F5NO2. The van der Waals surface area contributed by atoms with Crippen molar-refractivity contribution in [2.75, 3.05) is 7.11 Å². The number of alkyl halides is 5. The van der Waals surface area contributed by atoms with E-state index in [1.807, 2.05) is 0 Å². The number of methoxy groups -OCH3 is 1. The Balaban J connectivity index is 3.20. The predicted molar refractivity (Wildman–Crippen MR) is 47.2 cm³/mol. The summed E-state index contributed by atoms with van der Waals surface area (Å²) < 4.78 is 69.0. The molecule has 0 aliphatic heterocycles. The van der Waals surface area contributed by atoms with Gasteiger partial charge >= 0.3 is 6.36 Å². The standard InChI is InChI=1S/C9H8F5NO2/c1-4-7(16-2)5(8(10)11)3-6(15-4)17-9(12,13)14/h3,8H,1-2H3. The molecule has 1 aromatic heterocycles. The minimum Gasteiger partial charge on any atom is -0.494 e. The fraction of sp³-hybridized carbons (Fsp3) is 0.444. The maximum Gasteiger partial charge on any atom is 0.574 e. The fourth-order valence-corrected chi connectivity index (χ4v) is 1.25. The smallest absolute Gasteiger partial charge is 0.494 e. The molecule has 96 valence electrons. The number of hydrogen-bond donors (Lipinski definition) is 0. The Morgan fingerprint density at radius 1 is 1.29 bits per heavy atom. The van der Waals surface area contributed by atoms with E-state index in [4.69, 9.17) is 0 Å². The van der Waals surface area contributed by atoms with Gasteiger partial charge < -0.3 is 9.47 Å². The highest BCUT2D eigenvalue weighted by molar-refractivity contribution is 5.41. The largest absolute Gasteiger partial charge is 0.574 e. The van der Waals surface area contributed by atoms with E-state index in [0.717, 1.165) is 7.11 Å². The van der Waals surface area contributed by atoms with Gasteiger partial charge in [-0.1, -0.05) is 0 Å². The molecule has 0 saturated carbocycles. The molecule has 0 atom stereocenters. The molecular weight excluding hydrogens is 249 g/mol. The van der Waals surface area contributed by atoms with Gasteiger partial charge in [0.2, 0.25) is 5.88 Å². The molecule has 1 rings (SSSR count). The summed E-state index contributed by atoms with van der Waals surface area (Å²) >= 11 is 0. The first-order valence-electron chi connectivity index (χ1n) is 4.34. The lowest BCUT2D eigenvalue weighted by atomic mass is 10.2. The molecule has 0 fully saturated rings. The molecule has 0 amide bonds. The number of halogens is 5. The van der Waals surface area contributed by atoms with E-state index in [1.54, 1.807) is 0 Å². The third kappa shape index (κ3) is 3.43. The SMILES string of the molecule is COc1c(C(F)F)cc(OC(F)(F)F)nc1C. The quantitative estimate of drug-likeness (QED) is 0.779. The lowest BCUT2D eigenvalue weighted by molar-refractivity contribution is -0.276. The summed E-state index contributed by atoms with van der Waals surface area (Å²) in [6.45, 7) is 1.24. The van der Waals surface area contributed by atoms with Gasteiger partial charge in [0.25, 0.3) is 6.43 Å². The molecule has 0 radical (unpaired) electrons. The van der Waals surface area contributed by atoms with Crippen molar-refractivity contribution in [3.63, 3.8) is 0 Å². The summed E-state index contributed by atoms with van der Waals surface area (Å²) in [5.74, 6) is -1.19. The first kappa shape index (κ1) is 13.5. The summed E-state index contributed by atoms with van der Waals surface area (Å²) in [4.78, 5) is 3.37. The molecule has 1 aromatic rings. The van der Waals surface area contributed by atoms with Crippen LogP contribution in [0.5, 0.6) is 11.6 Å². The van der Waals surface area contributed by atoms with Crippen LogP contribution in [0.15, 0.2) is 6.07 Å². The topological polar surface area (TPSA) is 31.4 Å². The van der Waals surface area contributed by atoms with Crippen LogP contribution in [0.1, 0.15) is 17.7 Å². The molecule has 3 nitrogen and oxygen atoms in total. The van der Waals surface area contributed by atoms with Crippen molar-refractivity contribution < 1.29 is 31.4 Å². The Labute approximate surface area is 93.2 Å². The van der Waals surface area contributed by atoms with Crippen LogP contribution in [0.3, 0.4) is 0 Å². The van der Waals surface area contributed by atoms with Crippen molar-refractivity contribution in [2.45, 2.75) is 19.7 Å².